The number of unbranched alkanes of at least 4 members (excludes halogenated alkanes) is 2. The van der Waals surface area contributed by atoms with Gasteiger partial charge in [-0.25, -0.2) is 4.79 Å². The Hall–Kier alpha value is -2.90. The minimum absolute atomic E-state index is 0.113. The number of nitrogens with one attached hydrogen (secondary N) is 2. The van der Waals surface area contributed by atoms with Crippen LogP contribution in [0.15, 0.2) is 30.3 Å². The molecule has 1 aromatic rings. The van der Waals surface area contributed by atoms with Crippen LogP contribution in [0.4, 0.5) is 4.79 Å². The predicted molar refractivity (Wildman–Crippen MR) is 111 cm³/mol. The SMILES string of the molecule is NC(=O)[C@H](NC(=O)CCCCCNC(=O)OCc1ccccc1)[C@@H]1CCCC(=O)C1. The molecular formula is C22H31N3O5. The molecule has 164 valence electrons. The summed E-state index contributed by atoms with van der Waals surface area (Å²) in [6.07, 6.45) is 4.15. The van der Waals surface area contributed by atoms with Crippen LogP contribution in [0, 0.1) is 5.92 Å². The molecule has 0 saturated heterocycles. The molecule has 1 aliphatic carbocycles. The number of benzene rings is 1. The summed E-state index contributed by atoms with van der Waals surface area (Å²) < 4.78 is 5.12. The number of Topliss-reactive ketones (excluding diaryl/α,β-unsaturated/α-hetero) is 1. The summed E-state index contributed by atoms with van der Waals surface area (Å²) in [5.41, 5.74) is 6.35. The third-order valence-corrected chi connectivity index (χ3v) is 5.18. The van der Waals surface area contributed by atoms with Crippen LogP contribution in [-0.4, -0.2) is 36.3 Å². The van der Waals surface area contributed by atoms with Gasteiger partial charge in [0.25, 0.3) is 0 Å². The Morgan fingerprint density at radius 1 is 1.13 bits per heavy atom. The Labute approximate surface area is 176 Å². The molecule has 1 aliphatic rings. The molecular weight excluding hydrogens is 386 g/mol. The minimum atomic E-state index is -0.789. The van der Waals surface area contributed by atoms with Crippen molar-refractivity contribution in [1.29, 1.82) is 0 Å². The molecule has 0 aliphatic heterocycles. The van der Waals surface area contributed by atoms with Crippen molar-refractivity contribution in [3.05, 3.63) is 35.9 Å². The van der Waals surface area contributed by atoms with E-state index in [1.807, 2.05) is 30.3 Å². The highest BCUT2D eigenvalue weighted by Gasteiger charge is 2.31. The largest absolute Gasteiger partial charge is 0.445 e. The number of nitrogens with two attached hydrogens (primary N) is 1. The Morgan fingerprint density at radius 3 is 2.60 bits per heavy atom. The first-order chi connectivity index (χ1) is 14.5. The van der Waals surface area contributed by atoms with E-state index in [0.717, 1.165) is 18.4 Å². The number of hydrogen-bond donors (Lipinski definition) is 3. The molecule has 1 saturated carbocycles. The number of alkyl carbamates (subject to hydrolysis) is 1. The maximum atomic E-state index is 12.1. The molecule has 0 unspecified atom stereocenters. The van der Waals surface area contributed by atoms with Crippen molar-refractivity contribution in [2.45, 2.75) is 64.0 Å². The van der Waals surface area contributed by atoms with Gasteiger partial charge in [0.2, 0.25) is 11.8 Å². The highest BCUT2D eigenvalue weighted by atomic mass is 16.5. The highest BCUT2D eigenvalue weighted by Crippen LogP contribution is 2.24. The van der Waals surface area contributed by atoms with Crippen LogP contribution in [-0.2, 0) is 25.7 Å². The predicted octanol–water partition coefficient (Wildman–Crippen LogP) is 2.20. The fourth-order valence-electron chi connectivity index (χ4n) is 3.56. The third-order valence-electron chi connectivity index (χ3n) is 5.18. The number of hydrogen-bond acceptors (Lipinski definition) is 5. The standard InChI is InChI=1S/C22H31N3O5/c23-21(28)20(17-10-7-11-18(26)14-17)25-19(27)12-5-2-6-13-24-22(29)30-15-16-8-3-1-4-9-16/h1,3-4,8-9,17,20H,2,5-7,10-15H2,(H2,23,28)(H,24,29)(H,25,27)/t17-,20-/m1/s1. The van der Waals surface area contributed by atoms with Crippen molar-refractivity contribution in [3.8, 4) is 0 Å². The quantitative estimate of drug-likeness (QED) is 0.476. The van der Waals surface area contributed by atoms with Crippen LogP contribution in [0.25, 0.3) is 0 Å². The monoisotopic (exact) mass is 417 g/mol. The molecule has 0 aromatic heterocycles. The van der Waals surface area contributed by atoms with Gasteiger partial charge in [0, 0.05) is 25.8 Å². The molecule has 4 N–H and O–H groups in total. The van der Waals surface area contributed by atoms with Crippen LogP contribution in [0.2, 0.25) is 0 Å². The first kappa shape index (κ1) is 23.4. The number of primary amides is 1. The fraction of sp³-hybridized carbons (Fsp3) is 0.545. The smallest absolute Gasteiger partial charge is 0.407 e. The van der Waals surface area contributed by atoms with Crippen molar-refractivity contribution in [2.75, 3.05) is 6.54 Å². The lowest BCUT2D eigenvalue weighted by atomic mass is 9.83. The van der Waals surface area contributed by atoms with E-state index in [1.54, 1.807) is 0 Å². The number of carbonyl (C=O) groups excluding carboxylic acids is 4. The lowest BCUT2D eigenvalue weighted by Gasteiger charge is -2.28. The second kappa shape index (κ2) is 12.6. The van der Waals surface area contributed by atoms with Crippen LogP contribution in [0.5, 0.6) is 0 Å². The number of ether oxygens (including phenoxy) is 1. The summed E-state index contributed by atoms with van der Waals surface area (Å²) in [5.74, 6) is -0.936. The van der Waals surface area contributed by atoms with E-state index in [4.69, 9.17) is 10.5 Å². The van der Waals surface area contributed by atoms with Crippen LogP contribution in [0.3, 0.4) is 0 Å². The van der Waals surface area contributed by atoms with E-state index < -0.39 is 18.0 Å². The lowest BCUT2D eigenvalue weighted by molar-refractivity contribution is -0.130. The molecule has 0 heterocycles. The molecule has 1 aromatic carbocycles. The normalized spacial score (nSPS) is 17.1. The van der Waals surface area contributed by atoms with Gasteiger partial charge in [-0.1, -0.05) is 36.8 Å². The van der Waals surface area contributed by atoms with Gasteiger partial charge >= 0.3 is 6.09 Å². The van der Waals surface area contributed by atoms with E-state index in [0.29, 0.717) is 38.6 Å². The van der Waals surface area contributed by atoms with E-state index in [1.165, 1.54) is 0 Å². The van der Waals surface area contributed by atoms with Gasteiger partial charge in [-0.3, -0.25) is 14.4 Å². The molecule has 8 heteroatoms. The van der Waals surface area contributed by atoms with Crippen molar-refractivity contribution >= 4 is 23.7 Å². The molecule has 3 amide bonds. The average molecular weight is 418 g/mol. The zero-order chi connectivity index (χ0) is 21.8. The third kappa shape index (κ3) is 8.63. The van der Waals surface area contributed by atoms with Crippen LogP contribution < -0.4 is 16.4 Å². The van der Waals surface area contributed by atoms with Gasteiger partial charge in [0.1, 0.15) is 18.4 Å². The maximum Gasteiger partial charge on any atom is 0.407 e. The molecule has 2 atom stereocenters. The van der Waals surface area contributed by atoms with Crippen LogP contribution in [0.1, 0.15) is 56.9 Å². The minimum Gasteiger partial charge on any atom is -0.445 e. The summed E-state index contributed by atoms with van der Waals surface area (Å²) >= 11 is 0. The summed E-state index contributed by atoms with van der Waals surface area (Å²) in [6, 6.07) is 8.64. The summed E-state index contributed by atoms with van der Waals surface area (Å²) in [7, 11) is 0. The van der Waals surface area contributed by atoms with Crippen molar-refractivity contribution in [3.63, 3.8) is 0 Å². The molecule has 0 radical (unpaired) electrons. The van der Waals surface area contributed by atoms with Gasteiger partial charge in [-0.2, -0.15) is 0 Å². The van der Waals surface area contributed by atoms with E-state index >= 15 is 0 Å². The number of carbonyl (C=O) groups is 4. The highest BCUT2D eigenvalue weighted by molar-refractivity contribution is 5.88. The average Bonchev–Trinajstić information content (AvgIpc) is 2.73. The van der Waals surface area contributed by atoms with Crippen molar-refractivity contribution in [2.24, 2.45) is 11.7 Å². The second-order valence-electron chi connectivity index (χ2n) is 7.64. The van der Waals surface area contributed by atoms with Crippen molar-refractivity contribution in [1.82, 2.24) is 10.6 Å². The zero-order valence-corrected chi connectivity index (χ0v) is 17.2. The van der Waals surface area contributed by atoms with E-state index in [2.05, 4.69) is 10.6 Å². The lowest BCUT2D eigenvalue weighted by Crippen LogP contribution is -2.50. The molecule has 8 nitrogen and oxygen atoms in total. The Balaban J connectivity index is 1.56. The number of ketones is 1. The van der Waals surface area contributed by atoms with Gasteiger partial charge in [0.05, 0.1) is 0 Å². The summed E-state index contributed by atoms with van der Waals surface area (Å²) in [4.78, 5) is 47.1. The molecule has 1 fully saturated rings. The van der Waals surface area contributed by atoms with E-state index in [-0.39, 0.29) is 30.6 Å². The zero-order valence-electron chi connectivity index (χ0n) is 17.2. The summed E-state index contributed by atoms with van der Waals surface area (Å²) in [6.45, 7) is 0.684. The molecule has 0 spiro atoms. The van der Waals surface area contributed by atoms with Gasteiger partial charge in [-0.05, 0) is 37.2 Å². The van der Waals surface area contributed by atoms with Gasteiger partial charge in [0.15, 0.2) is 0 Å². The molecule has 0 bridgehead atoms. The van der Waals surface area contributed by atoms with Gasteiger partial charge < -0.3 is 21.1 Å². The Kier molecular flexibility index (Phi) is 9.83. The molecule has 30 heavy (non-hydrogen) atoms. The fourth-order valence-corrected chi connectivity index (χ4v) is 3.56. The molecule has 2 rings (SSSR count). The van der Waals surface area contributed by atoms with Crippen molar-refractivity contribution < 1.29 is 23.9 Å². The first-order valence-electron chi connectivity index (χ1n) is 10.5. The maximum absolute atomic E-state index is 12.1. The Morgan fingerprint density at radius 2 is 1.90 bits per heavy atom. The second-order valence-corrected chi connectivity index (χ2v) is 7.64. The Bertz CT molecular complexity index is 723. The van der Waals surface area contributed by atoms with Crippen LogP contribution >= 0.6 is 0 Å². The topological polar surface area (TPSA) is 128 Å². The first-order valence-corrected chi connectivity index (χ1v) is 10.5. The van der Waals surface area contributed by atoms with Gasteiger partial charge in [-0.15, -0.1) is 0 Å². The summed E-state index contributed by atoms with van der Waals surface area (Å²) in [5, 5.41) is 5.37. The number of amides is 3. The van der Waals surface area contributed by atoms with E-state index in [9.17, 15) is 19.2 Å². The number of rotatable bonds is 11.